The maximum absolute atomic E-state index is 14.4. The Balaban J connectivity index is 1.47. The monoisotopic (exact) mass is 439 g/mol. The van der Waals surface area contributed by atoms with E-state index in [-0.39, 0.29) is 17.8 Å². The Morgan fingerprint density at radius 2 is 1.94 bits per heavy atom. The number of carbonyl (C=O) groups is 1. The van der Waals surface area contributed by atoms with Gasteiger partial charge in [0.05, 0.1) is 12.1 Å². The molecule has 1 amide bonds. The number of benzene rings is 1. The summed E-state index contributed by atoms with van der Waals surface area (Å²) < 4.78 is 14.4. The van der Waals surface area contributed by atoms with Gasteiger partial charge in [0.15, 0.2) is 11.6 Å². The molecule has 1 saturated heterocycles. The third-order valence-corrected chi connectivity index (χ3v) is 6.16. The first kappa shape index (κ1) is 22.0. The quantitative estimate of drug-likeness (QED) is 0.595. The Morgan fingerprint density at radius 1 is 1.19 bits per heavy atom. The van der Waals surface area contributed by atoms with E-state index < -0.39 is 17.6 Å². The molecular formula is C23H30FN7O. The van der Waals surface area contributed by atoms with Gasteiger partial charge in [-0.25, -0.2) is 9.37 Å². The lowest BCUT2D eigenvalue weighted by Crippen LogP contribution is -2.44. The second-order valence-electron chi connectivity index (χ2n) is 8.51. The van der Waals surface area contributed by atoms with Gasteiger partial charge in [0.2, 0.25) is 11.9 Å². The molecule has 9 heteroatoms. The molecule has 4 rings (SSSR count). The molecule has 2 heterocycles. The van der Waals surface area contributed by atoms with Crippen molar-refractivity contribution in [2.24, 2.45) is 11.7 Å². The number of hydrogen-bond acceptors (Lipinski definition) is 7. The molecule has 1 aliphatic carbocycles. The molecule has 2 aliphatic rings. The maximum atomic E-state index is 14.4. The van der Waals surface area contributed by atoms with Crippen molar-refractivity contribution in [3.8, 4) is 0 Å². The molecule has 0 spiro atoms. The number of primary amides is 1. The number of aryl methyl sites for hydroxylation is 1. The number of amides is 1. The Bertz CT molecular complexity index is 1000. The van der Waals surface area contributed by atoms with E-state index in [1.54, 1.807) is 0 Å². The number of nitrogens with two attached hydrogens (primary N) is 1. The van der Waals surface area contributed by atoms with Crippen LogP contribution in [0, 0.1) is 18.7 Å². The molecule has 170 valence electrons. The van der Waals surface area contributed by atoms with Crippen molar-refractivity contribution in [1.82, 2.24) is 14.9 Å². The summed E-state index contributed by atoms with van der Waals surface area (Å²) in [4.78, 5) is 24.8. The first-order chi connectivity index (χ1) is 15.4. The van der Waals surface area contributed by atoms with Gasteiger partial charge < -0.3 is 26.2 Å². The first-order valence-electron chi connectivity index (χ1n) is 11.0. The molecule has 0 radical (unpaired) electrons. The number of halogens is 1. The van der Waals surface area contributed by atoms with E-state index in [2.05, 4.69) is 50.4 Å². The Labute approximate surface area is 187 Å². The maximum Gasteiger partial charge on any atom is 0.229 e. The van der Waals surface area contributed by atoms with Crippen molar-refractivity contribution in [3.05, 3.63) is 47.9 Å². The smallest absolute Gasteiger partial charge is 0.229 e. The number of rotatable bonds is 6. The number of nitrogens with one attached hydrogen (secondary N) is 2. The van der Waals surface area contributed by atoms with E-state index in [1.165, 1.54) is 5.69 Å². The van der Waals surface area contributed by atoms with Crippen LogP contribution in [0.1, 0.15) is 18.4 Å². The summed E-state index contributed by atoms with van der Waals surface area (Å²) >= 11 is 0. The van der Waals surface area contributed by atoms with Gasteiger partial charge in [-0.15, -0.1) is 0 Å². The SMILES string of the molecule is Cc1cc(Nc2ncc(F)c(N[C@H]3CC=CC[C@H]3C(N)=O)n2)ccc1N1CCN(C)CC1. The lowest BCUT2D eigenvalue weighted by atomic mass is 9.88. The number of hydrogen-bond donors (Lipinski definition) is 3. The standard InChI is InChI=1S/C23H30FN7O/c1-15-13-16(7-8-20(15)31-11-9-30(2)10-12-31)27-23-26-14-18(24)22(29-23)28-19-6-4-3-5-17(19)21(25)32/h3-4,7-8,13-14,17,19H,5-6,9-12H2,1-2H3,(H2,25,32)(H2,26,27,28,29)/t17-,19+/m1/s1. The minimum Gasteiger partial charge on any atom is -0.369 e. The van der Waals surface area contributed by atoms with Crippen molar-refractivity contribution >= 4 is 29.0 Å². The zero-order chi connectivity index (χ0) is 22.7. The zero-order valence-electron chi connectivity index (χ0n) is 18.5. The van der Waals surface area contributed by atoms with Crippen LogP contribution in [-0.4, -0.2) is 60.0 Å². The van der Waals surface area contributed by atoms with Gasteiger partial charge in [-0.2, -0.15) is 4.98 Å². The van der Waals surface area contributed by atoms with Gasteiger partial charge in [-0.05, 0) is 50.6 Å². The van der Waals surface area contributed by atoms with E-state index in [1.807, 2.05) is 24.3 Å². The lowest BCUT2D eigenvalue weighted by Gasteiger charge is -2.35. The van der Waals surface area contributed by atoms with Gasteiger partial charge in [0.1, 0.15) is 0 Å². The first-order valence-corrected chi connectivity index (χ1v) is 11.0. The highest BCUT2D eigenvalue weighted by atomic mass is 19.1. The van der Waals surface area contributed by atoms with Crippen molar-refractivity contribution in [2.45, 2.75) is 25.8 Å². The fourth-order valence-electron chi connectivity index (χ4n) is 4.26. The fraction of sp³-hybridized carbons (Fsp3) is 0.435. The highest BCUT2D eigenvalue weighted by Gasteiger charge is 2.28. The van der Waals surface area contributed by atoms with Crippen LogP contribution in [-0.2, 0) is 4.79 Å². The molecule has 1 fully saturated rings. The number of carbonyl (C=O) groups excluding carboxylic acids is 1. The molecule has 0 unspecified atom stereocenters. The third-order valence-electron chi connectivity index (χ3n) is 6.16. The summed E-state index contributed by atoms with van der Waals surface area (Å²) in [6.45, 7) is 6.18. The number of nitrogens with zero attached hydrogens (tertiary/aromatic N) is 4. The number of anilines is 4. The predicted octanol–water partition coefficient (Wildman–Crippen LogP) is 2.65. The van der Waals surface area contributed by atoms with E-state index in [9.17, 15) is 9.18 Å². The van der Waals surface area contributed by atoms with Crippen molar-refractivity contribution in [3.63, 3.8) is 0 Å². The molecule has 8 nitrogen and oxygen atoms in total. The van der Waals surface area contributed by atoms with Gasteiger partial charge in [0, 0.05) is 43.6 Å². The van der Waals surface area contributed by atoms with E-state index in [0.29, 0.717) is 12.8 Å². The summed E-state index contributed by atoms with van der Waals surface area (Å²) in [7, 11) is 2.14. The summed E-state index contributed by atoms with van der Waals surface area (Å²) in [5.74, 6) is -1.05. The summed E-state index contributed by atoms with van der Waals surface area (Å²) in [6, 6.07) is 5.81. The predicted molar refractivity (Wildman–Crippen MR) is 125 cm³/mol. The number of likely N-dealkylation sites (N-methyl/N-ethyl adjacent to an activating group) is 1. The minimum absolute atomic E-state index is 0.0554. The van der Waals surface area contributed by atoms with Gasteiger partial charge in [0.25, 0.3) is 0 Å². The fourth-order valence-corrected chi connectivity index (χ4v) is 4.26. The van der Waals surface area contributed by atoms with Gasteiger partial charge in [-0.1, -0.05) is 12.2 Å². The summed E-state index contributed by atoms with van der Waals surface area (Å²) in [5.41, 5.74) is 8.71. The lowest BCUT2D eigenvalue weighted by molar-refractivity contribution is -0.122. The molecule has 0 saturated carbocycles. The number of piperazine rings is 1. The van der Waals surface area contributed by atoms with Crippen molar-refractivity contribution in [2.75, 3.05) is 48.8 Å². The average Bonchev–Trinajstić information content (AvgIpc) is 2.77. The van der Waals surface area contributed by atoms with Crippen molar-refractivity contribution in [1.29, 1.82) is 0 Å². The van der Waals surface area contributed by atoms with Crippen LogP contribution in [0.25, 0.3) is 0 Å². The molecule has 2 aromatic rings. The zero-order valence-corrected chi connectivity index (χ0v) is 18.5. The van der Waals surface area contributed by atoms with Gasteiger partial charge >= 0.3 is 0 Å². The Hall–Kier alpha value is -3.20. The molecular weight excluding hydrogens is 409 g/mol. The third kappa shape index (κ3) is 4.99. The van der Waals surface area contributed by atoms with Crippen LogP contribution in [0.5, 0.6) is 0 Å². The molecule has 1 aromatic carbocycles. The normalized spacial score (nSPS) is 21.4. The van der Waals surface area contributed by atoms with Crippen LogP contribution in [0.2, 0.25) is 0 Å². The topological polar surface area (TPSA) is 99.4 Å². The van der Waals surface area contributed by atoms with Crippen LogP contribution in [0.4, 0.5) is 27.5 Å². The highest BCUT2D eigenvalue weighted by molar-refractivity contribution is 5.78. The summed E-state index contributed by atoms with van der Waals surface area (Å²) in [5, 5.41) is 6.20. The second kappa shape index (κ2) is 9.52. The Kier molecular flexibility index (Phi) is 6.55. The Morgan fingerprint density at radius 3 is 2.66 bits per heavy atom. The van der Waals surface area contributed by atoms with E-state index >= 15 is 0 Å². The molecule has 1 aliphatic heterocycles. The summed E-state index contributed by atoms with van der Waals surface area (Å²) in [6.07, 6.45) is 6.11. The largest absolute Gasteiger partial charge is 0.369 e. The number of aromatic nitrogens is 2. The molecule has 4 N–H and O–H groups in total. The average molecular weight is 440 g/mol. The number of allylic oxidation sites excluding steroid dienone is 1. The van der Waals surface area contributed by atoms with Crippen molar-refractivity contribution < 1.29 is 9.18 Å². The minimum atomic E-state index is -0.574. The highest BCUT2D eigenvalue weighted by Crippen LogP contribution is 2.27. The van der Waals surface area contributed by atoms with Crippen LogP contribution in [0.3, 0.4) is 0 Å². The van der Waals surface area contributed by atoms with Gasteiger partial charge in [-0.3, -0.25) is 4.79 Å². The van der Waals surface area contributed by atoms with E-state index in [0.717, 1.165) is 43.6 Å². The van der Waals surface area contributed by atoms with Crippen LogP contribution >= 0.6 is 0 Å². The van der Waals surface area contributed by atoms with E-state index in [4.69, 9.17) is 5.73 Å². The molecule has 32 heavy (non-hydrogen) atoms. The molecule has 2 atom stereocenters. The second-order valence-corrected chi connectivity index (χ2v) is 8.51. The van der Waals surface area contributed by atoms with Crippen LogP contribution in [0.15, 0.2) is 36.5 Å². The molecule has 1 aromatic heterocycles. The van der Waals surface area contributed by atoms with Crippen LogP contribution < -0.4 is 21.3 Å². The molecule has 0 bridgehead atoms.